The summed E-state index contributed by atoms with van der Waals surface area (Å²) in [4.78, 5) is 13.9. The number of carbonyl (C=O) groups is 1. The minimum atomic E-state index is -0.563. The summed E-state index contributed by atoms with van der Waals surface area (Å²) in [6, 6.07) is 0.636. The molecular formula is C13H23NO2. The monoisotopic (exact) mass is 225 g/mol. The molecule has 0 radical (unpaired) electrons. The Morgan fingerprint density at radius 1 is 1.38 bits per heavy atom. The zero-order valence-electron chi connectivity index (χ0n) is 10.2. The van der Waals surface area contributed by atoms with Crippen LogP contribution in [0.4, 0.5) is 0 Å². The van der Waals surface area contributed by atoms with Crippen LogP contribution < -0.4 is 0 Å². The highest BCUT2D eigenvalue weighted by molar-refractivity contribution is 5.75. The molecule has 0 bridgehead atoms. The molecule has 1 aliphatic heterocycles. The van der Waals surface area contributed by atoms with Crippen LogP contribution in [0.1, 0.15) is 51.9 Å². The Labute approximate surface area is 97.8 Å². The number of hydrogen-bond donors (Lipinski definition) is 1. The van der Waals surface area contributed by atoms with Gasteiger partial charge in [-0.05, 0) is 38.6 Å². The zero-order chi connectivity index (χ0) is 11.6. The summed E-state index contributed by atoms with van der Waals surface area (Å²) in [6.07, 6.45) is 7.62. The SMILES string of the molecule is CCC1CCCN1CC1(C(=O)O)CCCC1. The lowest BCUT2D eigenvalue weighted by Gasteiger charge is -2.32. The molecule has 1 saturated heterocycles. The van der Waals surface area contributed by atoms with Crippen LogP contribution in [-0.2, 0) is 4.79 Å². The molecule has 3 nitrogen and oxygen atoms in total. The summed E-state index contributed by atoms with van der Waals surface area (Å²) >= 11 is 0. The molecular weight excluding hydrogens is 202 g/mol. The van der Waals surface area contributed by atoms with Gasteiger partial charge in [-0.15, -0.1) is 0 Å². The van der Waals surface area contributed by atoms with Crippen LogP contribution in [0.3, 0.4) is 0 Å². The fourth-order valence-electron chi connectivity index (χ4n) is 3.45. The van der Waals surface area contributed by atoms with Crippen molar-refractivity contribution in [2.45, 2.75) is 57.9 Å². The molecule has 3 heteroatoms. The van der Waals surface area contributed by atoms with Gasteiger partial charge in [0.2, 0.25) is 0 Å². The molecule has 1 N–H and O–H groups in total. The minimum absolute atomic E-state index is 0.419. The van der Waals surface area contributed by atoms with E-state index in [-0.39, 0.29) is 0 Å². The lowest BCUT2D eigenvalue weighted by molar-refractivity contribution is -0.150. The highest BCUT2D eigenvalue weighted by atomic mass is 16.4. The molecule has 16 heavy (non-hydrogen) atoms. The molecule has 1 aliphatic carbocycles. The largest absolute Gasteiger partial charge is 0.481 e. The average Bonchev–Trinajstić information content (AvgIpc) is 2.88. The summed E-state index contributed by atoms with van der Waals surface area (Å²) in [5, 5.41) is 9.46. The van der Waals surface area contributed by atoms with Gasteiger partial charge in [-0.25, -0.2) is 0 Å². The maximum atomic E-state index is 11.5. The quantitative estimate of drug-likeness (QED) is 0.799. The van der Waals surface area contributed by atoms with Crippen molar-refractivity contribution in [3.8, 4) is 0 Å². The third-order valence-electron chi connectivity index (χ3n) is 4.49. The number of likely N-dealkylation sites (tertiary alicyclic amines) is 1. The maximum Gasteiger partial charge on any atom is 0.310 e. The highest BCUT2D eigenvalue weighted by Crippen LogP contribution is 2.40. The first-order valence-corrected chi connectivity index (χ1v) is 6.65. The standard InChI is InChI=1S/C13H23NO2/c1-2-11-6-5-9-14(11)10-13(12(15)16)7-3-4-8-13/h11H,2-10H2,1H3,(H,15,16). The second-order valence-corrected chi connectivity index (χ2v) is 5.47. The molecule has 0 amide bonds. The maximum absolute atomic E-state index is 11.5. The van der Waals surface area contributed by atoms with Gasteiger partial charge in [-0.1, -0.05) is 19.8 Å². The van der Waals surface area contributed by atoms with Gasteiger partial charge >= 0.3 is 5.97 Å². The van der Waals surface area contributed by atoms with E-state index in [1.165, 1.54) is 12.8 Å². The second kappa shape index (κ2) is 4.74. The van der Waals surface area contributed by atoms with Gasteiger partial charge in [-0.2, -0.15) is 0 Å². The van der Waals surface area contributed by atoms with E-state index in [2.05, 4.69) is 11.8 Å². The van der Waals surface area contributed by atoms with E-state index in [0.717, 1.165) is 45.2 Å². The van der Waals surface area contributed by atoms with Gasteiger partial charge < -0.3 is 5.11 Å². The molecule has 1 saturated carbocycles. The van der Waals surface area contributed by atoms with Gasteiger partial charge in [0.15, 0.2) is 0 Å². The van der Waals surface area contributed by atoms with Crippen LogP contribution in [0, 0.1) is 5.41 Å². The molecule has 0 aromatic heterocycles. The first-order valence-electron chi connectivity index (χ1n) is 6.65. The molecule has 92 valence electrons. The number of carboxylic acids is 1. The van der Waals surface area contributed by atoms with Crippen LogP contribution in [0.15, 0.2) is 0 Å². The number of aliphatic carboxylic acids is 1. The van der Waals surface area contributed by atoms with Gasteiger partial charge in [0.25, 0.3) is 0 Å². The van der Waals surface area contributed by atoms with Crippen LogP contribution in [0.5, 0.6) is 0 Å². The third kappa shape index (κ3) is 2.10. The number of nitrogens with zero attached hydrogens (tertiary/aromatic N) is 1. The van der Waals surface area contributed by atoms with E-state index in [0.29, 0.717) is 6.04 Å². The fraction of sp³-hybridized carbons (Fsp3) is 0.923. The van der Waals surface area contributed by atoms with E-state index >= 15 is 0 Å². The predicted octanol–water partition coefficient (Wildman–Crippen LogP) is 2.51. The van der Waals surface area contributed by atoms with E-state index in [1.54, 1.807) is 0 Å². The minimum Gasteiger partial charge on any atom is -0.481 e. The van der Waals surface area contributed by atoms with Crippen molar-refractivity contribution in [3.05, 3.63) is 0 Å². The van der Waals surface area contributed by atoms with Crippen molar-refractivity contribution in [1.29, 1.82) is 0 Å². The van der Waals surface area contributed by atoms with Crippen molar-refractivity contribution >= 4 is 5.97 Å². The topological polar surface area (TPSA) is 40.5 Å². The van der Waals surface area contributed by atoms with Crippen molar-refractivity contribution in [3.63, 3.8) is 0 Å². The number of rotatable bonds is 4. The first kappa shape index (κ1) is 11.9. The molecule has 2 rings (SSSR count). The summed E-state index contributed by atoms with van der Waals surface area (Å²) in [5.41, 5.74) is -0.419. The van der Waals surface area contributed by atoms with Crippen LogP contribution >= 0.6 is 0 Å². The summed E-state index contributed by atoms with van der Waals surface area (Å²) < 4.78 is 0. The number of carboxylic acid groups (broad SMARTS) is 1. The predicted molar refractivity (Wildman–Crippen MR) is 63.4 cm³/mol. The lowest BCUT2D eigenvalue weighted by atomic mass is 9.85. The lowest BCUT2D eigenvalue weighted by Crippen LogP contribution is -2.43. The zero-order valence-corrected chi connectivity index (χ0v) is 10.2. The molecule has 1 unspecified atom stereocenters. The third-order valence-corrected chi connectivity index (χ3v) is 4.49. The van der Waals surface area contributed by atoms with Crippen LogP contribution in [0.25, 0.3) is 0 Å². The van der Waals surface area contributed by atoms with Crippen molar-refractivity contribution in [2.75, 3.05) is 13.1 Å². The van der Waals surface area contributed by atoms with Crippen molar-refractivity contribution < 1.29 is 9.90 Å². The highest BCUT2D eigenvalue weighted by Gasteiger charge is 2.44. The Balaban J connectivity index is 2.03. The van der Waals surface area contributed by atoms with E-state index in [4.69, 9.17) is 0 Å². The Bertz CT molecular complexity index is 259. The molecule has 2 fully saturated rings. The van der Waals surface area contributed by atoms with E-state index in [9.17, 15) is 9.90 Å². The van der Waals surface area contributed by atoms with E-state index in [1.807, 2.05) is 0 Å². The molecule has 1 heterocycles. The molecule has 1 atom stereocenters. The van der Waals surface area contributed by atoms with Gasteiger partial charge in [0, 0.05) is 12.6 Å². The normalized spacial score (nSPS) is 29.7. The van der Waals surface area contributed by atoms with Gasteiger partial charge in [-0.3, -0.25) is 9.69 Å². The molecule has 2 aliphatic rings. The Kier molecular flexibility index (Phi) is 3.53. The van der Waals surface area contributed by atoms with Crippen molar-refractivity contribution in [1.82, 2.24) is 4.90 Å². The Hall–Kier alpha value is -0.570. The smallest absolute Gasteiger partial charge is 0.310 e. The second-order valence-electron chi connectivity index (χ2n) is 5.47. The molecule has 0 aromatic carbocycles. The average molecular weight is 225 g/mol. The van der Waals surface area contributed by atoms with E-state index < -0.39 is 11.4 Å². The summed E-state index contributed by atoms with van der Waals surface area (Å²) in [7, 11) is 0. The Morgan fingerprint density at radius 3 is 2.62 bits per heavy atom. The Morgan fingerprint density at radius 2 is 2.06 bits per heavy atom. The van der Waals surface area contributed by atoms with Gasteiger partial charge in [0.1, 0.15) is 0 Å². The molecule has 0 aromatic rings. The first-order chi connectivity index (χ1) is 7.68. The fourth-order valence-corrected chi connectivity index (χ4v) is 3.45. The van der Waals surface area contributed by atoms with Crippen LogP contribution in [0.2, 0.25) is 0 Å². The summed E-state index contributed by atoms with van der Waals surface area (Å²) in [6.45, 7) is 4.11. The van der Waals surface area contributed by atoms with Crippen LogP contribution in [-0.4, -0.2) is 35.1 Å². The summed E-state index contributed by atoms with van der Waals surface area (Å²) in [5.74, 6) is -0.563. The molecule has 0 spiro atoms. The van der Waals surface area contributed by atoms with Gasteiger partial charge in [0.05, 0.1) is 5.41 Å². The van der Waals surface area contributed by atoms with Crippen molar-refractivity contribution in [2.24, 2.45) is 5.41 Å². The number of hydrogen-bond acceptors (Lipinski definition) is 2.